The molecule has 0 saturated carbocycles. The van der Waals surface area contributed by atoms with Gasteiger partial charge in [-0.25, -0.2) is 0 Å². The Morgan fingerprint density at radius 2 is 0.263 bits per heavy atom. The molecule has 9 rings (SSSR count). The number of para-hydroxylation sites is 9. The van der Waals surface area contributed by atoms with E-state index in [1.807, 2.05) is 281 Å². The molecule has 76 heavy (non-hydrogen) atoms. The fourth-order valence-electron chi connectivity index (χ4n) is 7.03. The van der Waals surface area contributed by atoms with E-state index in [-0.39, 0.29) is 16.5 Å². The minimum Gasteiger partial charge on any atom is -0.273 e. The van der Waals surface area contributed by atoms with Gasteiger partial charge in [-0.2, -0.15) is 0 Å². The van der Waals surface area contributed by atoms with Gasteiger partial charge in [-0.1, -0.05) is 164 Å². The van der Waals surface area contributed by atoms with Crippen molar-refractivity contribution in [1.29, 1.82) is 0 Å². The number of hydrogen-bond donors (Lipinski definition) is 0. The number of rotatable bonds is 18. The molecule has 9 aromatic carbocycles. The van der Waals surface area contributed by atoms with Crippen molar-refractivity contribution in [3.05, 3.63) is 268 Å². The Morgan fingerprint density at radius 3 is 0.355 bits per heavy atom. The first-order valence-electron chi connectivity index (χ1n) is 24.6. The minimum atomic E-state index is -2.07. The van der Waals surface area contributed by atoms with Crippen molar-refractivity contribution in [2.75, 3.05) is 0 Å². The average molecular weight is 1120 g/mol. The van der Waals surface area contributed by atoms with Crippen LogP contribution in [0.2, 0.25) is 0 Å². The maximum absolute atomic E-state index is 6.12. The van der Waals surface area contributed by atoms with Gasteiger partial charge in [0.25, 0.3) is 0 Å². The van der Waals surface area contributed by atoms with E-state index in [2.05, 4.69) is 0 Å². The topological polar surface area (TPSA) is 83.1 Å². The molecule has 0 fully saturated rings. The van der Waals surface area contributed by atoms with E-state index in [1.54, 1.807) is 0 Å². The Morgan fingerprint density at radius 1 is 0.171 bits per heavy atom. The van der Waals surface area contributed by atoms with E-state index in [0.717, 1.165) is 102 Å². The van der Waals surface area contributed by atoms with Crippen molar-refractivity contribution in [3.8, 4) is 51.7 Å². The molecule has 0 atom stereocenters. The third-order valence-corrected chi connectivity index (χ3v) is 15.1. The maximum Gasteiger partial charge on any atom is 0.528 e. The quantitative estimate of drug-likeness (QED) is 0.0616. The average Bonchev–Trinajstić information content (AvgIpc) is 3.40. The molecule has 0 aliphatic heterocycles. The molecule has 0 aliphatic rings. The van der Waals surface area contributed by atoms with Gasteiger partial charge in [0.2, 0.25) is 0 Å². The maximum atomic E-state index is 6.12. The van der Waals surface area contributed by atoms with E-state index in [9.17, 15) is 0 Å². The van der Waals surface area contributed by atoms with Crippen LogP contribution in [0, 0.1) is 62.3 Å². The second-order valence-electron chi connectivity index (χ2n) is 17.6. The molecule has 0 aromatic heterocycles. The summed E-state index contributed by atoms with van der Waals surface area (Å²) in [4.78, 5) is 0. The van der Waals surface area contributed by atoms with E-state index in [4.69, 9.17) is 40.7 Å². The van der Waals surface area contributed by atoms with Crippen molar-refractivity contribution in [2.45, 2.75) is 62.3 Å². The molecule has 0 amide bonds. The van der Waals surface area contributed by atoms with E-state index >= 15 is 0 Å². The second kappa shape index (κ2) is 29.9. The Kier molecular flexibility index (Phi) is 22.9. The first-order valence-corrected chi connectivity index (χ1v) is 28.3. The van der Waals surface area contributed by atoms with Crippen LogP contribution in [-0.4, -0.2) is 0 Å². The van der Waals surface area contributed by atoms with E-state index in [0.29, 0.717) is 0 Å². The molecule has 0 unspecified atom stereocenters. The first-order chi connectivity index (χ1) is 36.4. The summed E-state index contributed by atoms with van der Waals surface area (Å²) in [6.07, 6.45) is 0. The minimum absolute atomic E-state index is 0. The smallest absolute Gasteiger partial charge is 0.273 e. The van der Waals surface area contributed by atoms with Crippen LogP contribution >= 0.6 is 25.8 Å². The van der Waals surface area contributed by atoms with Crippen molar-refractivity contribution < 1.29 is 57.2 Å². The van der Waals surface area contributed by atoms with Crippen molar-refractivity contribution in [1.82, 2.24) is 0 Å². The zero-order valence-electron chi connectivity index (χ0n) is 44.3. The predicted molar refractivity (Wildman–Crippen MR) is 311 cm³/mol. The van der Waals surface area contributed by atoms with Crippen LogP contribution in [0.15, 0.2) is 218 Å². The van der Waals surface area contributed by atoms with Gasteiger partial charge in [-0.3, -0.25) is 40.7 Å². The SMILES string of the molecule is Cc1ccccc1O[PH+](Oc1ccccc1C)Oc1ccccc1C.Cc1ccccc1O[PH+](Oc1ccccc1C)Oc1ccccc1C.Cc1ccccc1O[PH+](Oc1ccccc1C)Oc1ccccc1C.[Ni]. The summed E-state index contributed by atoms with van der Waals surface area (Å²) in [5, 5.41) is 0. The van der Waals surface area contributed by atoms with Crippen LogP contribution in [0.1, 0.15) is 50.1 Å². The third kappa shape index (κ3) is 17.8. The van der Waals surface area contributed by atoms with Gasteiger partial charge in [-0.05, 0) is 167 Å². The zero-order chi connectivity index (χ0) is 52.9. The Bertz CT molecular complexity index is 2550. The molecular formula is C63H66NiO9P3+3. The number of aryl methyl sites for hydroxylation is 9. The first kappa shape index (κ1) is 58.2. The van der Waals surface area contributed by atoms with Gasteiger partial charge in [0.05, 0.1) is 0 Å². The summed E-state index contributed by atoms with van der Waals surface area (Å²) >= 11 is 0. The monoisotopic (exact) mass is 1120 g/mol. The van der Waals surface area contributed by atoms with Gasteiger partial charge in [0.15, 0.2) is 51.7 Å². The third-order valence-electron chi connectivity index (χ3n) is 11.6. The van der Waals surface area contributed by atoms with Crippen LogP contribution in [0.4, 0.5) is 0 Å². The molecule has 0 aliphatic carbocycles. The molecule has 394 valence electrons. The van der Waals surface area contributed by atoms with Crippen molar-refractivity contribution in [2.24, 2.45) is 0 Å². The van der Waals surface area contributed by atoms with E-state index in [1.165, 1.54) is 0 Å². The molecule has 0 bridgehead atoms. The molecular weight excluding hydrogens is 1050 g/mol. The fraction of sp³-hybridized carbons (Fsp3) is 0.143. The van der Waals surface area contributed by atoms with Crippen molar-refractivity contribution in [3.63, 3.8) is 0 Å². The van der Waals surface area contributed by atoms with Crippen molar-refractivity contribution >= 4 is 25.8 Å². The molecule has 13 heteroatoms. The zero-order valence-corrected chi connectivity index (χ0v) is 48.3. The fourth-order valence-corrected chi connectivity index (χ4v) is 11.1. The van der Waals surface area contributed by atoms with Crippen LogP contribution in [0.5, 0.6) is 51.7 Å². The molecule has 0 saturated heterocycles. The van der Waals surface area contributed by atoms with Crippen LogP contribution in [-0.2, 0) is 16.5 Å². The van der Waals surface area contributed by atoms with E-state index < -0.39 is 25.8 Å². The van der Waals surface area contributed by atoms with Gasteiger partial charge in [0.1, 0.15) is 0 Å². The van der Waals surface area contributed by atoms with Gasteiger partial charge < -0.3 is 0 Å². The van der Waals surface area contributed by atoms with Crippen LogP contribution in [0.25, 0.3) is 0 Å². The van der Waals surface area contributed by atoms with Gasteiger partial charge in [0, 0.05) is 16.5 Å². The molecule has 9 nitrogen and oxygen atoms in total. The molecule has 0 spiro atoms. The standard InChI is InChI=1S/3C21H22O3P.Ni/c3*1-16-10-4-7-13-19(16)22-25(23-20-14-8-5-11-17(20)2)24-21-15-9-6-12-18(21)3;/h3*4-15,25H,1-3H3;/q3*+1;. The molecule has 0 N–H and O–H groups in total. The summed E-state index contributed by atoms with van der Waals surface area (Å²) in [7, 11) is -6.20. The van der Waals surface area contributed by atoms with Crippen LogP contribution < -0.4 is 40.7 Å². The Balaban J connectivity index is 0.000000184. The summed E-state index contributed by atoms with van der Waals surface area (Å²) in [6, 6.07) is 70.9. The normalized spacial score (nSPS) is 10.4. The van der Waals surface area contributed by atoms with Gasteiger partial charge in [-0.15, -0.1) is 0 Å². The number of hydrogen-bond acceptors (Lipinski definition) is 9. The number of benzene rings is 9. The Hall–Kier alpha value is -7.04. The molecule has 0 radical (unpaired) electrons. The van der Waals surface area contributed by atoms with Gasteiger partial charge >= 0.3 is 25.8 Å². The summed E-state index contributed by atoms with van der Waals surface area (Å²) < 4.78 is 55.1. The largest absolute Gasteiger partial charge is 0.528 e. The predicted octanol–water partition coefficient (Wildman–Crippen LogP) is 18.3. The summed E-state index contributed by atoms with van der Waals surface area (Å²) in [6.45, 7) is 18.1. The summed E-state index contributed by atoms with van der Waals surface area (Å²) in [5.74, 6) is 6.99. The Labute approximate surface area is 463 Å². The molecule has 9 aromatic rings. The molecule has 0 heterocycles. The van der Waals surface area contributed by atoms with Crippen LogP contribution in [0.3, 0.4) is 0 Å². The summed E-state index contributed by atoms with van der Waals surface area (Å²) in [5.41, 5.74) is 9.43. The second-order valence-corrected chi connectivity index (χ2v) is 20.9.